The zero-order chi connectivity index (χ0) is 5.98. The fraction of sp³-hybridized carbons (Fsp3) is 1.00. The summed E-state index contributed by atoms with van der Waals surface area (Å²) in [4.78, 5) is 0. The monoisotopic (exact) mass is 150 g/mol. The van der Waals surface area contributed by atoms with Crippen molar-refractivity contribution in [1.82, 2.24) is 0 Å². The molecule has 3 heteroatoms. The Bertz CT molecular complexity index is 103. The Kier molecular flexibility index (Phi) is 2.38. The van der Waals surface area contributed by atoms with Crippen molar-refractivity contribution in [3.8, 4) is 0 Å². The Morgan fingerprint density at radius 3 is 2.88 bits per heavy atom. The average molecular weight is 150 g/mol. The van der Waals surface area contributed by atoms with Crippen molar-refractivity contribution < 1.29 is 4.21 Å². The highest BCUT2D eigenvalue weighted by Gasteiger charge is 2.15. The minimum Gasteiger partial charge on any atom is -0.258 e. The largest absolute Gasteiger partial charge is 0.258 e. The molecule has 1 fully saturated rings. The molecule has 0 aromatic carbocycles. The third kappa shape index (κ3) is 1.49. The molecule has 48 valence electrons. The van der Waals surface area contributed by atoms with Gasteiger partial charge in [0.05, 0.1) is 4.58 Å². The summed E-state index contributed by atoms with van der Waals surface area (Å²) in [6, 6.07) is 0. The summed E-state index contributed by atoms with van der Waals surface area (Å²) in [5.41, 5.74) is 0. The SMILES string of the molecule is CC1SCCCS1=O. The lowest BCUT2D eigenvalue weighted by Gasteiger charge is -2.15. The second-order valence-corrected chi connectivity index (χ2v) is 5.50. The first-order valence-electron chi connectivity index (χ1n) is 2.79. The molecule has 1 nitrogen and oxygen atoms in total. The van der Waals surface area contributed by atoms with E-state index in [2.05, 4.69) is 0 Å². The Balaban J connectivity index is 2.39. The van der Waals surface area contributed by atoms with Crippen LogP contribution in [0.1, 0.15) is 13.3 Å². The summed E-state index contributed by atoms with van der Waals surface area (Å²) >= 11 is 1.83. The van der Waals surface area contributed by atoms with Crippen LogP contribution in [0.4, 0.5) is 0 Å². The summed E-state index contributed by atoms with van der Waals surface area (Å²) in [5.74, 6) is 2.13. The molecule has 0 aromatic rings. The van der Waals surface area contributed by atoms with E-state index in [0.717, 1.165) is 12.2 Å². The van der Waals surface area contributed by atoms with Gasteiger partial charge in [-0.05, 0) is 19.1 Å². The van der Waals surface area contributed by atoms with Gasteiger partial charge in [-0.3, -0.25) is 4.21 Å². The van der Waals surface area contributed by atoms with Gasteiger partial charge in [0.25, 0.3) is 0 Å². The van der Waals surface area contributed by atoms with E-state index in [0.29, 0.717) is 4.58 Å². The molecular formula is C5H10OS2. The van der Waals surface area contributed by atoms with Gasteiger partial charge < -0.3 is 0 Å². The second-order valence-electron chi connectivity index (χ2n) is 1.88. The molecular weight excluding hydrogens is 140 g/mol. The Labute approximate surface area is 56.7 Å². The Morgan fingerprint density at radius 2 is 2.50 bits per heavy atom. The molecule has 0 aliphatic carbocycles. The maximum atomic E-state index is 10.9. The summed E-state index contributed by atoms with van der Waals surface area (Å²) in [7, 11) is -0.522. The van der Waals surface area contributed by atoms with Crippen LogP contribution >= 0.6 is 11.8 Å². The normalized spacial score (nSPS) is 39.6. The molecule has 8 heavy (non-hydrogen) atoms. The Hall–Kier alpha value is 0.500. The van der Waals surface area contributed by atoms with Crippen LogP contribution in [0, 0.1) is 0 Å². The maximum Gasteiger partial charge on any atom is 0.0773 e. The van der Waals surface area contributed by atoms with Gasteiger partial charge in [0.15, 0.2) is 0 Å². The van der Waals surface area contributed by atoms with Crippen LogP contribution in [0.3, 0.4) is 0 Å². The van der Waals surface area contributed by atoms with Gasteiger partial charge in [-0.25, -0.2) is 0 Å². The maximum absolute atomic E-state index is 10.9. The third-order valence-corrected chi connectivity index (χ3v) is 4.69. The van der Waals surface area contributed by atoms with E-state index < -0.39 is 10.8 Å². The number of rotatable bonds is 0. The molecule has 0 spiro atoms. The molecule has 1 aliphatic rings. The first-order chi connectivity index (χ1) is 3.80. The van der Waals surface area contributed by atoms with Crippen LogP contribution < -0.4 is 0 Å². The van der Waals surface area contributed by atoms with Crippen LogP contribution in [0.2, 0.25) is 0 Å². The third-order valence-electron chi connectivity index (χ3n) is 1.21. The van der Waals surface area contributed by atoms with Gasteiger partial charge in [0.1, 0.15) is 0 Å². The lowest BCUT2D eigenvalue weighted by atomic mass is 10.6. The first-order valence-corrected chi connectivity index (χ1v) is 5.22. The molecule has 2 atom stereocenters. The van der Waals surface area contributed by atoms with Gasteiger partial charge in [0, 0.05) is 16.6 Å². The van der Waals surface area contributed by atoms with E-state index in [1.165, 1.54) is 5.75 Å². The molecule has 1 aliphatic heterocycles. The molecule has 0 bridgehead atoms. The smallest absolute Gasteiger partial charge is 0.0773 e. The minimum atomic E-state index is -0.522. The topological polar surface area (TPSA) is 17.1 Å². The summed E-state index contributed by atoms with van der Waals surface area (Å²) in [6.45, 7) is 2.04. The van der Waals surface area contributed by atoms with E-state index in [-0.39, 0.29) is 0 Å². The fourth-order valence-corrected chi connectivity index (χ4v) is 3.46. The minimum absolute atomic E-state index is 0.392. The van der Waals surface area contributed by atoms with Gasteiger partial charge in [-0.15, -0.1) is 11.8 Å². The molecule has 0 N–H and O–H groups in total. The molecule has 0 amide bonds. The van der Waals surface area contributed by atoms with Crippen molar-refractivity contribution in [2.45, 2.75) is 17.9 Å². The Morgan fingerprint density at radius 1 is 1.75 bits per heavy atom. The van der Waals surface area contributed by atoms with Crippen molar-refractivity contribution in [2.75, 3.05) is 11.5 Å². The van der Waals surface area contributed by atoms with Gasteiger partial charge in [0.2, 0.25) is 0 Å². The standard InChI is InChI=1S/C5H10OS2/c1-5-7-3-2-4-8(5)6/h5H,2-4H2,1H3. The predicted molar refractivity (Wildman–Crippen MR) is 39.5 cm³/mol. The molecule has 0 saturated carbocycles. The van der Waals surface area contributed by atoms with Crippen molar-refractivity contribution >= 4 is 22.6 Å². The quantitative estimate of drug-likeness (QED) is 0.516. The van der Waals surface area contributed by atoms with Crippen molar-refractivity contribution in [3.05, 3.63) is 0 Å². The van der Waals surface area contributed by atoms with Crippen molar-refractivity contribution in [1.29, 1.82) is 0 Å². The van der Waals surface area contributed by atoms with Gasteiger partial charge in [-0.2, -0.15) is 0 Å². The van der Waals surface area contributed by atoms with E-state index in [4.69, 9.17) is 0 Å². The van der Waals surface area contributed by atoms with Crippen LogP contribution in [0.25, 0.3) is 0 Å². The highest BCUT2D eigenvalue weighted by Crippen LogP contribution is 2.20. The molecule has 1 heterocycles. The van der Waals surface area contributed by atoms with Crippen LogP contribution in [0.15, 0.2) is 0 Å². The van der Waals surface area contributed by atoms with Crippen LogP contribution in [-0.2, 0) is 10.8 Å². The lowest BCUT2D eigenvalue weighted by Crippen LogP contribution is -2.16. The number of hydrogen-bond donors (Lipinski definition) is 0. The van der Waals surface area contributed by atoms with E-state index in [1.54, 1.807) is 0 Å². The molecule has 0 radical (unpaired) electrons. The first kappa shape index (κ1) is 6.62. The number of thioether (sulfide) groups is 1. The summed E-state index contributed by atoms with van der Waals surface area (Å²) < 4.78 is 11.3. The van der Waals surface area contributed by atoms with E-state index >= 15 is 0 Å². The molecule has 0 aromatic heterocycles. The summed E-state index contributed by atoms with van der Waals surface area (Å²) in [6.07, 6.45) is 1.14. The van der Waals surface area contributed by atoms with E-state index in [1.807, 2.05) is 18.7 Å². The van der Waals surface area contributed by atoms with Crippen LogP contribution in [0.5, 0.6) is 0 Å². The lowest BCUT2D eigenvalue weighted by molar-refractivity contribution is 0.680. The highest BCUT2D eigenvalue weighted by molar-refractivity contribution is 8.11. The molecule has 2 unspecified atom stereocenters. The predicted octanol–water partition coefficient (Wildman–Crippen LogP) is 1.22. The number of hydrogen-bond acceptors (Lipinski definition) is 2. The summed E-state index contributed by atoms with van der Waals surface area (Å²) in [5, 5.41) is 0. The van der Waals surface area contributed by atoms with Gasteiger partial charge in [-0.1, -0.05) is 0 Å². The average Bonchev–Trinajstić information content (AvgIpc) is 1.77. The molecule has 1 saturated heterocycles. The van der Waals surface area contributed by atoms with Crippen molar-refractivity contribution in [3.63, 3.8) is 0 Å². The van der Waals surface area contributed by atoms with Crippen molar-refractivity contribution in [2.24, 2.45) is 0 Å². The zero-order valence-electron chi connectivity index (χ0n) is 4.92. The highest BCUT2D eigenvalue weighted by atomic mass is 32.2. The second kappa shape index (κ2) is 2.87. The van der Waals surface area contributed by atoms with E-state index in [9.17, 15) is 4.21 Å². The molecule has 1 rings (SSSR count). The zero-order valence-corrected chi connectivity index (χ0v) is 6.56. The van der Waals surface area contributed by atoms with Crippen LogP contribution in [-0.4, -0.2) is 20.3 Å². The van der Waals surface area contributed by atoms with Gasteiger partial charge >= 0.3 is 0 Å². The fourth-order valence-electron chi connectivity index (χ4n) is 0.692.